The molecule has 0 spiro atoms. The van der Waals surface area contributed by atoms with Crippen molar-refractivity contribution in [2.45, 2.75) is 12.2 Å². The summed E-state index contributed by atoms with van der Waals surface area (Å²) in [7, 11) is 0. The number of non-ortho nitro benzene ring substituents is 1. The van der Waals surface area contributed by atoms with Gasteiger partial charge in [0.25, 0.3) is 17.5 Å². The minimum absolute atomic E-state index is 0.0828. The number of benzene rings is 1. The fourth-order valence-electron chi connectivity index (χ4n) is 3.24. The summed E-state index contributed by atoms with van der Waals surface area (Å²) in [6.07, 6.45) is 4.15. The van der Waals surface area contributed by atoms with Gasteiger partial charge in [-0.15, -0.1) is 0 Å². The molecule has 0 aromatic heterocycles. The largest absolute Gasteiger partial charge is 0.365 e. The predicted molar refractivity (Wildman–Crippen MR) is 77.3 cm³/mol. The van der Waals surface area contributed by atoms with E-state index in [1.165, 1.54) is 24.4 Å². The minimum Gasteiger partial charge on any atom is -0.365 e. The summed E-state index contributed by atoms with van der Waals surface area (Å²) in [4.78, 5) is 34.9. The van der Waals surface area contributed by atoms with E-state index in [0.717, 1.165) is 5.01 Å². The summed E-state index contributed by atoms with van der Waals surface area (Å²) in [6, 6.07) is 5.80. The highest BCUT2D eigenvalue weighted by molar-refractivity contribution is 6.07. The van der Waals surface area contributed by atoms with E-state index < -0.39 is 28.6 Å². The number of hydrogen-bond donors (Lipinski definition) is 0. The van der Waals surface area contributed by atoms with E-state index in [4.69, 9.17) is 4.74 Å². The van der Waals surface area contributed by atoms with Crippen molar-refractivity contribution in [2.24, 2.45) is 16.9 Å². The van der Waals surface area contributed by atoms with Crippen molar-refractivity contribution in [3.63, 3.8) is 0 Å². The average molecular weight is 313 g/mol. The molecule has 8 nitrogen and oxygen atoms in total. The molecular formula is C15H11N3O5. The quantitative estimate of drug-likeness (QED) is 0.271. The Labute approximate surface area is 130 Å². The lowest BCUT2D eigenvalue weighted by atomic mass is 9.85. The Hall–Kier alpha value is -2.87. The van der Waals surface area contributed by atoms with Gasteiger partial charge < -0.3 is 4.74 Å². The summed E-state index contributed by atoms with van der Waals surface area (Å²) < 4.78 is 5.53. The van der Waals surface area contributed by atoms with E-state index in [1.807, 2.05) is 0 Å². The number of rotatable bonds is 3. The normalized spacial score (nSPS) is 31.4. The van der Waals surface area contributed by atoms with Gasteiger partial charge in [-0.2, -0.15) is 10.1 Å². The number of amides is 2. The van der Waals surface area contributed by atoms with Crippen LogP contribution in [-0.4, -0.2) is 40.2 Å². The van der Waals surface area contributed by atoms with Crippen molar-refractivity contribution in [1.82, 2.24) is 5.01 Å². The molecule has 4 atom stereocenters. The second kappa shape index (κ2) is 4.82. The van der Waals surface area contributed by atoms with Crippen molar-refractivity contribution >= 4 is 23.7 Å². The fraction of sp³-hybridized carbons (Fsp3) is 0.267. The van der Waals surface area contributed by atoms with Gasteiger partial charge in [0.15, 0.2) is 0 Å². The molecular weight excluding hydrogens is 302 g/mol. The lowest BCUT2D eigenvalue weighted by molar-refractivity contribution is -0.384. The maximum atomic E-state index is 12.4. The summed E-state index contributed by atoms with van der Waals surface area (Å²) in [5.74, 6) is -1.81. The van der Waals surface area contributed by atoms with Gasteiger partial charge in [-0.3, -0.25) is 19.7 Å². The number of hydrazone groups is 1. The van der Waals surface area contributed by atoms with E-state index >= 15 is 0 Å². The lowest BCUT2D eigenvalue weighted by Crippen LogP contribution is -2.30. The molecule has 2 bridgehead atoms. The van der Waals surface area contributed by atoms with E-state index in [-0.39, 0.29) is 17.9 Å². The van der Waals surface area contributed by atoms with E-state index in [9.17, 15) is 19.7 Å². The molecule has 0 aliphatic carbocycles. The number of nitrogens with zero attached hydrogens (tertiary/aromatic N) is 3. The van der Waals surface area contributed by atoms with Crippen LogP contribution in [0.2, 0.25) is 0 Å². The Balaban J connectivity index is 1.58. The SMILES string of the molecule is O=C1[C@@H]2[C@@H](C(=O)N1/N=C\c1cccc([N+](=O)[O-])c1)[C@H]1C=C[C@H]2O1. The van der Waals surface area contributed by atoms with E-state index in [0.29, 0.717) is 5.56 Å². The van der Waals surface area contributed by atoms with Crippen LogP contribution in [0.4, 0.5) is 5.69 Å². The van der Waals surface area contributed by atoms with Crippen LogP contribution in [0.5, 0.6) is 0 Å². The molecule has 0 unspecified atom stereocenters. The highest BCUT2D eigenvalue weighted by Crippen LogP contribution is 2.45. The first-order valence-corrected chi connectivity index (χ1v) is 7.06. The van der Waals surface area contributed by atoms with Gasteiger partial charge in [-0.25, -0.2) is 0 Å². The highest BCUT2D eigenvalue weighted by Gasteiger charge is 2.61. The zero-order valence-corrected chi connectivity index (χ0v) is 11.7. The van der Waals surface area contributed by atoms with Crippen LogP contribution in [0, 0.1) is 22.0 Å². The minimum atomic E-state index is -0.519. The van der Waals surface area contributed by atoms with Crippen molar-refractivity contribution in [1.29, 1.82) is 0 Å². The smallest absolute Gasteiger partial charge is 0.270 e. The topological polar surface area (TPSA) is 102 Å². The monoisotopic (exact) mass is 313 g/mol. The van der Waals surface area contributed by atoms with Crippen LogP contribution in [-0.2, 0) is 14.3 Å². The van der Waals surface area contributed by atoms with Gasteiger partial charge >= 0.3 is 0 Å². The molecule has 8 heteroatoms. The summed E-state index contributed by atoms with van der Waals surface area (Å²) >= 11 is 0. The van der Waals surface area contributed by atoms with Crippen molar-refractivity contribution in [3.8, 4) is 0 Å². The second-order valence-corrected chi connectivity index (χ2v) is 5.59. The number of nitro benzene ring substituents is 1. The molecule has 1 aromatic carbocycles. The number of hydrogen-bond acceptors (Lipinski definition) is 6. The molecule has 3 aliphatic rings. The van der Waals surface area contributed by atoms with Gasteiger partial charge in [0, 0.05) is 17.7 Å². The number of fused-ring (bicyclic) bond motifs is 5. The lowest BCUT2D eigenvalue weighted by Gasteiger charge is -2.11. The van der Waals surface area contributed by atoms with Gasteiger partial charge in [-0.05, 0) is 0 Å². The zero-order chi connectivity index (χ0) is 16.1. The summed E-state index contributed by atoms with van der Waals surface area (Å²) in [6.45, 7) is 0. The van der Waals surface area contributed by atoms with Gasteiger partial charge in [0.2, 0.25) is 0 Å². The molecule has 2 amide bonds. The third-order valence-electron chi connectivity index (χ3n) is 4.29. The van der Waals surface area contributed by atoms with Crippen LogP contribution in [0.1, 0.15) is 5.56 Å². The van der Waals surface area contributed by atoms with Crippen LogP contribution in [0.3, 0.4) is 0 Å². The van der Waals surface area contributed by atoms with Crippen LogP contribution < -0.4 is 0 Å². The Morgan fingerprint density at radius 3 is 2.43 bits per heavy atom. The average Bonchev–Trinajstić information content (AvgIpc) is 3.21. The zero-order valence-electron chi connectivity index (χ0n) is 11.7. The predicted octanol–water partition coefficient (Wildman–Crippen LogP) is 0.867. The van der Waals surface area contributed by atoms with Gasteiger partial charge in [0.1, 0.15) is 0 Å². The Morgan fingerprint density at radius 1 is 1.17 bits per heavy atom. The highest BCUT2D eigenvalue weighted by atomic mass is 16.6. The first-order valence-electron chi connectivity index (χ1n) is 7.06. The Kier molecular flexibility index (Phi) is 2.88. The molecule has 0 N–H and O–H groups in total. The first-order chi connectivity index (χ1) is 11.1. The first kappa shape index (κ1) is 13.8. The third-order valence-corrected chi connectivity index (χ3v) is 4.29. The second-order valence-electron chi connectivity index (χ2n) is 5.59. The number of carbonyl (C=O) groups excluding carboxylic acids is 2. The number of nitro groups is 1. The fourth-order valence-corrected chi connectivity index (χ4v) is 3.24. The van der Waals surface area contributed by atoms with Crippen LogP contribution >= 0.6 is 0 Å². The Morgan fingerprint density at radius 2 is 1.83 bits per heavy atom. The van der Waals surface area contributed by atoms with E-state index in [1.54, 1.807) is 18.2 Å². The number of imide groups is 1. The Bertz CT molecular complexity index is 757. The van der Waals surface area contributed by atoms with Crippen LogP contribution in [0.25, 0.3) is 0 Å². The molecule has 1 aromatic rings. The van der Waals surface area contributed by atoms with Crippen LogP contribution in [0.15, 0.2) is 41.5 Å². The van der Waals surface area contributed by atoms with E-state index in [2.05, 4.69) is 5.10 Å². The molecule has 116 valence electrons. The van der Waals surface area contributed by atoms with Crippen molar-refractivity contribution in [3.05, 3.63) is 52.1 Å². The molecule has 23 heavy (non-hydrogen) atoms. The molecule has 0 saturated carbocycles. The molecule has 0 radical (unpaired) electrons. The summed E-state index contributed by atoms with van der Waals surface area (Å²) in [5, 5.41) is 15.5. The summed E-state index contributed by atoms with van der Waals surface area (Å²) in [5.41, 5.74) is 0.356. The third kappa shape index (κ3) is 1.99. The van der Waals surface area contributed by atoms with Crippen molar-refractivity contribution in [2.75, 3.05) is 0 Å². The maximum absolute atomic E-state index is 12.4. The number of ether oxygens (including phenoxy) is 1. The standard InChI is InChI=1S/C15H11N3O5/c19-14-12-10-4-5-11(23-10)13(12)15(20)17(14)16-7-8-2-1-3-9(6-8)18(21)22/h1-7,10-13H/b16-7-/t10-,11-,12+,13+/m1/s1. The molecule has 2 fully saturated rings. The van der Waals surface area contributed by atoms with Gasteiger partial charge in [-0.1, -0.05) is 24.3 Å². The van der Waals surface area contributed by atoms with Gasteiger partial charge in [0.05, 0.1) is 35.2 Å². The van der Waals surface area contributed by atoms with Crippen molar-refractivity contribution < 1.29 is 19.2 Å². The molecule has 2 saturated heterocycles. The molecule has 4 rings (SSSR count). The molecule has 3 aliphatic heterocycles. The maximum Gasteiger partial charge on any atom is 0.270 e. The number of carbonyl (C=O) groups is 2. The molecule has 3 heterocycles.